The van der Waals surface area contributed by atoms with Gasteiger partial charge in [0.1, 0.15) is 5.75 Å². The molecule has 1 aromatic carbocycles. The molecule has 2 aliphatic rings. The van der Waals surface area contributed by atoms with Gasteiger partial charge in [-0.25, -0.2) is 4.79 Å². The highest BCUT2D eigenvalue weighted by molar-refractivity contribution is 8.04. The molecule has 0 unspecified atom stereocenters. The Morgan fingerprint density at radius 1 is 1.50 bits per heavy atom. The lowest BCUT2D eigenvalue weighted by Gasteiger charge is -2.23. The Bertz CT molecular complexity index is 793. The molecule has 9 nitrogen and oxygen atoms in total. The van der Waals surface area contributed by atoms with Gasteiger partial charge in [0.25, 0.3) is 5.69 Å². The normalized spacial score (nSPS) is 17.8. The molecule has 2 aliphatic heterocycles. The number of hydrogen-bond acceptors (Lipinski definition) is 8. The summed E-state index contributed by atoms with van der Waals surface area (Å²) in [6.07, 6.45) is 1.26. The Hall–Kier alpha value is -2.59. The van der Waals surface area contributed by atoms with E-state index in [4.69, 9.17) is 14.2 Å². The van der Waals surface area contributed by atoms with Crippen LogP contribution in [-0.2, 0) is 32.2 Å². The van der Waals surface area contributed by atoms with Gasteiger partial charge in [0.15, 0.2) is 6.79 Å². The summed E-state index contributed by atoms with van der Waals surface area (Å²) in [5.74, 6) is -0.0768. The zero-order chi connectivity index (χ0) is 18.7. The third-order valence-corrected chi connectivity index (χ3v) is 4.77. The van der Waals surface area contributed by atoms with E-state index in [-0.39, 0.29) is 43.9 Å². The lowest BCUT2D eigenvalue weighted by atomic mass is 10.1. The number of hydrogen-bond donors (Lipinski definition) is 0. The zero-order valence-corrected chi connectivity index (χ0v) is 14.7. The smallest absolute Gasteiger partial charge is 0.333 e. The van der Waals surface area contributed by atoms with Crippen molar-refractivity contribution in [2.24, 2.45) is 0 Å². The third kappa shape index (κ3) is 3.81. The van der Waals surface area contributed by atoms with Gasteiger partial charge < -0.3 is 19.1 Å². The second-order valence-electron chi connectivity index (χ2n) is 5.46. The third-order valence-electron chi connectivity index (χ3n) is 3.75. The first-order chi connectivity index (χ1) is 12.5. The van der Waals surface area contributed by atoms with Crippen molar-refractivity contribution >= 4 is 29.3 Å². The summed E-state index contributed by atoms with van der Waals surface area (Å²) in [5, 5.41) is 11.6. The molecule has 1 aromatic rings. The predicted molar refractivity (Wildman–Crippen MR) is 91.1 cm³/mol. The molecular formula is C16H16N2O7S. The minimum atomic E-state index is -0.541. The van der Waals surface area contributed by atoms with Crippen LogP contribution in [0.15, 0.2) is 23.2 Å². The molecule has 0 aromatic heterocycles. The first-order valence-electron chi connectivity index (χ1n) is 7.82. The van der Waals surface area contributed by atoms with Crippen LogP contribution in [0.3, 0.4) is 0 Å². The average molecular weight is 380 g/mol. The van der Waals surface area contributed by atoms with E-state index in [2.05, 4.69) is 0 Å². The maximum atomic E-state index is 12.2. The molecule has 2 heterocycles. The number of benzene rings is 1. The number of esters is 1. The van der Waals surface area contributed by atoms with E-state index in [9.17, 15) is 19.7 Å². The average Bonchev–Trinajstić information content (AvgIpc) is 2.95. The number of carbonyl (C=O) groups is 2. The maximum absolute atomic E-state index is 12.2. The molecule has 0 aliphatic carbocycles. The van der Waals surface area contributed by atoms with E-state index in [1.807, 2.05) is 0 Å². The molecule has 0 N–H and O–H groups in total. The van der Waals surface area contributed by atoms with Gasteiger partial charge in [0, 0.05) is 23.3 Å². The first kappa shape index (κ1) is 18.2. The molecule has 10 heteroatoms. The van der Waals surface area contributed by atoms with Crippen molar-refractivity contribution < 1.29 is 28.7 Å². The topological polar surface area (TPSA) is 108 Å². The molecule has 0 radical (unpaired) electrons. The number of fused-ring (bicyclic) bond motifs is 1. The monoisotopic (exact) mass is 380 g/mol. The Balaban J connectivity index is 1.93. The van der Waals surface area contributed by atoms with Gasteiger partial charge in [-0.2, -0.15) is 0 Å². The molecular weight excluding hydrogens is 364 g/mol. The zero-order valence-electron chi connectivity index (χ0n) is 13.9. The van der Waals surface area contributed by atoms with Gasteiger partial charge in [-0.05, 0) is 6.92 Å². The number of amides is 1. The van der Waals surface area contributed by atoms with E-state index in [1.54, 1.807) is 6.92 Å². The molecule has 1 saturated heterocycles. The Morgan fingerprint density at radius 2 is 2.31 bits per heavy atom. The van der Waals surface area contributed by atoms with Crippen LogP contribution < -0.4 is 4.74 Å². The summed E-state index contributed by atoms with van der Waals surface area (Å²) in [6.45, 7) is 2.20. The van der Waals surface area contributed by atoms with Crippen molar-refractivity contribution in [3.05, 3.63) is 44.5 Å². The summed E-state index contributed by atoms with van der Waals surface area (Å²) in [4.78, 5) is 36.0. The SMILES string of the molecule is CCOC(=O)C=C1SCC(=O)N1Cc1cc([N+](=O)[O-])cc2c1OCOC2. The quantitative estimate of drug-likeness (QED) is 0.330. The van der Waals surface area contributed by atoms with Gasteiger partial charge in [-0.3, -0.25) is 14.9 Å². The van der Waals surface area contributed by atoms with E-state index in [1.165, 1.54) is 34.9 Å². The fourth-order valence-corrected chi connectivity index (χ4v) is 3.59. The molecule has 1 amide bonds. The molecule has 0 spiro atoms. The highest BCUT2D eigenvalue weighted by Gasteiger charge is 2.30. The molecule has 0 saturated carbocycles. The summed E-state index contributed by atoms with van der Waals surface area (Å²) in [6, 6.07) is 2.77. The fraction of sp³-hybridized carbons (Fsp3) is 0.375. The highest BCUT2D eigenvalue weighted by atomic mass is 32.2. The van der Waals surface area contributed by atoms with Crippen LogP contribution in [0.25, 0.3) is 0 Å². The Morgan fingerprint density at radius 3 is 3.04 bits per heavy atom. The number of rotatable bonds is 5. The van der Waals surface area contributed by atoms with Crippen LogP contribution in [0.2, 0.25) is 0 Å². The summed E-state index contributed by atoms with van der Waals surface area (Å²) in [7, 11) is 0. The molecule has 0 atom stereocenters. The van der Waals surface area contributed by atoms with Crippen molar-refractivity contribution in [3.8, 4) is 5.75 Å². The van der Waals surface area contributed by atoms with Crippen molar-refractivity contribution in [2.75, 3.05) is 19.2 Å². The molecule has 1 fully saturated rings. The number of nitrogens with zero attached hydrogens (tertiary/aromatic N) is 2. The van der Waals surface area contributed by atoms with Crippen molar-refractivity contribution in [1.29, 1.82) is 0 Å². The Kier molecular flexibility index (Phi) is 5.43. The first-order valence-corrected chi connectivity index (χ1v) is 8.80. The molecule has 26 heavy (non-hydrogen) atoms. The van der Waals surface area contributed by atoms with Crippen molar-refractivity contribution in [1.82, 2.24) is 4.90 Å². The number of carbonyl (C=O) groups excluding carboxylic acids is 2. The van der Waals surface area contributed by atoms with Gasteiger partial charge in [0.2, 0.25) is 5.91 Å². The second kappa shape index (κ2) is 7.75. The maximum Gasteiger partial charge on any atom is 0.333 e. The van der Waals surface area contributed by atoms with Crippen molar-refractivity contribution in [2.45, 2.75) is 20.1 Å². The molecule has 0 bridgehead atoms. The standard InChI is InChI=1S/C16H16N2O7S/c1-2-24-15(20)5-14-17(13(19)8-26-14)6-10-3-12(18(21)22)4-11-7-23-9-25-16(10)11/h3-5H,2,6-9H2,1H3. The number of non-ortho nitro benzene ring substituents is 1. The number of nitro groups is 1. The summed E-state index contributed by atoms with van der Waals surface area (Å²) < 4.78 is 15.5. The predicted octanol–water partition coefficient (Wildman–Crippen LogP) is 1.94. The molecule has 3 rings (SSSR count). The van der Waals surface area contributed by atoms with E-state index in [0.29, 0.717) is 21.9 Å². The number of nitro benzene ring substituents is 1. The van der Waals surface area contributed by atoms with Crippen LogP contribution >= 0.6 is 11.8 Å². The van der Waals surface area contributed by atoms with E-state index >= 15 is 0 Å². The lowest BCUT2D eigenvalue weighted by molar-refractivity contribution is -0.385. The highest BCUT2D eigenvalue weighted by Crippen LogP contribution is 2.37. The number of ether oxygens (including phenoxy) is 3. The summed E-state index contributed by atoms with van der Waals surface area (Å²) >= 11 is 1.22. The Labute approximate surface area is 153 Å². The minimum absolute atomic E-state index is 0.0338. The van der Waals surface area contributed by atoms with Gasteiger partial charge >= 0.3 is 5.97 Å². The minimum Gasteiger partial charge on any atom is -0.467 e. The van der Waals surface area contributed by atoms with Crippen LogP contribution in [0, 0.1) is 10.1 Å². The second-order valence-corrected chi connectivity index (χ2v) is 6.46. The van der Waals surface area contributed by atoms with Gasteiger partial charge in [0.05, 0.1) is 41.5 Å². The van der Waals surface area contributed by atoms with Crippen molar-refractivity contribution in [3.63, 3.8) is 0 Å². The number of thioether (sulfide) groups is 1. The van der Waals surface area contributed by atoms with Crippen LogP contribution in [0.1, 0.15) is 18.1 Å². The largest absolute Gasteiger partial charge is 0.467 e. The van der Waals surface area contributed by atoms with E-state index in [0.717, 1.165) is 0 Å². The summed E-state index contributed by atoms with van der Waals surface area (Å²) in [5.41, 5.74) is 0.932. The van der Waals surface area contributed by atoms with Crippen LogP contribution in [0.5, 0.6) is 5.75 Å². The van der Waals surface area contributed by atoms with Gasteiger partial charge in [-0.1, -0.05) is 11.8 Å². The fourth-order valence-electron chi connectivity index (χ4n) is 2.66. The molecule has 138 valence electrons. The lowest BCUT2D eigenvalue weighted by Crippen LogP contribution is -2.25. The van der Waals surface area contributed by atoms with Crippen LogP contribution in [-0.4, -0.2) is 40.9 Å². The van der Waals surface area contributed by atoms with Crippen LogP contribution in [0.4, 0.5) is 5.69 Å². The van der Waals surface area contributed by atoms with E-state index < -0.39 is 10.9 Å². The van der Waals surface area contributed by atoms with Gasteiger partial charge in [-0.15, -0.1) is 0 Å².